The zero-order valence-electron chi connectivity index (χ0n) is 20.7. The Bertz CT molecular complexity index is 1590. The molecule has 0 fully saturated rings. The third kappa shape index (κ3) is 5.01. The SMILES string of the molecule is CCCCc1nc(O)c(S(=O)(=O)c2ccc(-c3ccnc(F)c3C)cc2)c(=O)n1C(C)c1cccnc1. The van der Waals surface area contributed by atoms with E-state index in [1.165, 1.54) is 35.0 Å². The van der Waals surface area contributed by atoms with Crippen LogP contribution in [0.2, 0.25) is 0 Å². The van der Waals surface area contributed by atoms with Crippen molar-refractivity contribution in [3.63, 3.8) is 0 Å². The van der Waals surface area contributed by atoms with E-state index in [4.69, 9.17) is 0 Å². The smallest absolute Gasteiger partial charge is 0.277 e. The Kier molecular flexibility index (Phi) is 7.49. The second-order valence-corrected chi connectivity index (χ2v) is 10.6. The maximum atomic E-state index is 13.9. The lowest BCUT2D eigenvalue weighted by Crippen LogP contribution is -2.32. The molecule has 0 aliphatic heterocycles. The highest BCUT2D eigenvalue weighted by Crippen LogP contribution is 2.30. The van der Waals surface area contributed by atoms with E-state index in [0.717, 1.165) is 6.42 Å². The van der Waals surface area contributed by atoms with E-state index in [2.05, 4.69) is 15.0 Å². The lowest BCUT2D eigenvalue weighted by atomic mass is 10.0. The third-order valence-electron chi connectivity index (χ3n) is 6.32. The molecule has 0 amide bonds. The van der Waals surface area contributed by atoms with Gasteiger partial charge in [-0.05, 0) is 61.2 Å². The van der Waals surface area contributed by atoms with Crippen LogP contribution in [0.5, 0.6) is 5.88 Å². The Hall–Kier alpha value is -3.92. The summed E-state index contributed by atoms with van der Waals surface area (Å²) in [5, 5.41) is 10.7. The van der Waals surface area contributed by atoms with Gasteiger partial charge >= 0.3 is 0 Å². The lowest BCUT2D eigenvalue weighted by molar-refractivity contribution is 0.412. The van der Waals surface area contributed by atoms with Crippen LogP contribution < -0.4 is 5.56 Å². The van der Waals surface area contributed by atoms with E-state index in [9.17, 15) is 22.7 Å². The van der Waals surface area contributed by atoms with Crippen molar-refractivity contribution < 1.29 is 17.9 Å². The zero-order valence-corrected chi connectivity index (χ0v) is 21.5. The number of rotatable bonds is 8. The van der Waals surface area contributed by atoms with E-state index in [-0.39, 0.29) is 4.90 Å². The summed E-state index contributed by atoms with van der Waals surface area (Å²) in [6.07, 6.45) is 6.45. The largest absolute Gasteiger partial charge is 0.492 e. The first-order chi connectivity index (χ1) is 17.7. The maximum absolute atomic E-state index is 13.9. The molecular weight excluding hydrogens is 495 g/mol. The summed E-state index contributed by atoms with van der Waals surface area (Å²) < 4.78 is 42.4. The van der Waals surface area contributed by atoms with Gasteiger partial charge in [0.2, 0.25) is 21.7 Å². The van der Waals surface area contributed by atoms with Crippen LogP contribution in [0.15, 0.2) is 75.6 Å². The summed E-state index contributed by atoms with van der Waals surface area (Å²) in [4.78, 5) is 24.6. The zero-order chi connectivity index (χ0) is 26.7. The van der Waals surface area contributed by atoms with Crippen LogP contribution in [0.25, 0.3) is 11.1 Å². The highest BCUT2D eigenvalue weighted by atomic mass is 32.2. The number of pyridine rings is 2. The maximum Gasteiger partial charge on any atom is 0.277 e. The van der Waals surface area contributed by atoms with Crippen molar-refractivity contribution in [3.8, 4) is 17.0 Å². The topological polar surface area (TPSA) is 115 Å². The number of unbranched alkanes of at least 4 members (excludes halogenated alkanes) is 1. The minimum Gasteiger partial charge on any atom is -0.492 e. The second-order valence-electron chi connectivity index (χ2n) is 8.72. The minimum absolute atomic E-state index is 0.195. The number of aromatic hydroxyl groups is 1. The summed E-state index contributed by atoms with van der Waals surface area (Å²) in [5.74, 6) is -1.15. The standard InChI is InChI=1S/C27H27FN4O4S/c1-4-5-8-23-31-26(33)24(27(34)32(23)18(3)20-7-6-14-29-16-20)37(35,36)21-11-9-19(10-12-21)22-13-15-30-25(28)17(22)2/h6-7,9-16,18,33H,4-5,8H2,1-3H3. The molecule has 1 unspecified atom stereocenters. The molecule has 37 heavy (non-hydrogen) atoms. The normalized spacial score (nSPS) is 12.4. The van der Waals surface area contributed by atoms with Gasteiger partial charge in [0.05, 0.1) is 10.9 Å². The van der Waals surface area contributed by atoms with Gasteiger partial charge in [0, 0.05) is 30.6 Å². The van der Waals surface area contributed by atoms with Crippen molar-refractivity contribution >= 4 is 9.84 Å². The fourth-order valence-electron chi connectivity index (χ4n) is 4.22. The van der Waals surface area contributed by atoms with Crippen molar-refractivity contribution in [3.05, 3.63) is 94.3 Å². The van der Waals surface area contributed by atoms with E-state index in [1.54, 1.807) is 44.4 Å². The minimum atomic E-state index is -4.44. The van der Waals surface area contributed by atoms with Gasteiger partial charge in [0.1, 0.15) is 5.82 Å². The second kappa shape index (κ2) is 10.6. The molecule has 0 spiro atoms. The van der Waals surface area contributed by atoms with E-state index in [0.29, 0.717) is 40.9 Å². The predicted octanol–water partition coefficient (Wildman–Crippen LogP) is 4.64. The Labute approximate surface area is 214 Å². The molecule has 8 nitrogen and oxygen atoms in total. The fourth-order valence-corrected chi connectivity index (χ4v) is 5.57. The molecule has 0 radical (unpaired) electrons. The van der Waals surface area contributed by atoms with Crippen molar-refractivity contribution in [2.75, 3.05) is 0 Å². The number of hydrogen-bond acceptors (Lipinski definition) is 7. The summed E-state index contributed by atoms with van der Waals surface area (Å²) in [6.45, 7) is 5.32. The number of halogens is 1. The molecule has 4 aromatic rings. The van der Waals surface area contributed by atoms with Gasteiger partial charge in [-0.2, -0.15) is 9.37 Å². The van der Waals surface area contributed by atoms with Crippen molar-refractivity contribution in [2.45, 2.75) is 55.9 Å². The van der Waals surface area contributed by atoms with Gasteiger partial charge in [-0.1, -0.05) is 31.5 Å². The lowest BCUT2D eigenvalue weighted by Gasteiger charge is -2.21. The fraction of sp³-hybridized carbons (Fsp3) is 0.259. The molecule has 0 bridgehead atoms. The van der Waals surface area contributed by atoms with Crippen molar-refractivity contribution in [2.24, 2.45) is 0 Å². The van der Waals surface area contributed by atoms with Gasteiger partial charge in [-0.25, -0.2) is 13.4 Å². The number of sulfone groups is 1. The van der Waals surface area contributed by atoms with Gasteiger partial charge in [-0.15, -0.1) is 0 Å². The number of nitrogens with zero attached hydrogens (tertiary/aromatic N) is 4. The summed E-state index contributed by atoms with van der Waals surface area (Å²) in [5.41, 5.74) is 1.31. The molecule has 3 aromatic heterocycles. The van der Waals surface area contributed by atoms with E-state index in [1.807, 2.05) is 6.92 Å². The summed E-state index contributed by atoms with van der Waals surface area (Å²) in [6, 6.07) is 10.3. The molecule has 10 heteroatoms. The first-order valence-corrected chi connectivity index (χ1v) is 13.4. The van der Waals surface area contributed by atoms with Crippen LogP contribution >= 0.6 is 0 Å². The number of hydrogen-bond donors (Lipinski definition) is 1. The molecule has 0 aliphatic carbocycles. The summed E-state index contributed by atoms with van der Waals surface area (Å²) >= 11 is 0. The monoisotopic (exact) mass is 522 g/mol. The molecule has 192 valence electrons. The van der Waals surface area contributed by atoms with Crippen LogP contribution in [0.3, 0.4) is 0 Å². The Morgan fingerprint density at radius 1 is 1.11 bits per heavy atom. The molecule has 1 aromatic carbocycles. The van der Waals surface area contributed by atoms with Crippen molar-refractivity contribution in [1.82, 2.24) is 19.5 Å². The molecule has 4 rings (SSSR count). The molecule has 3 heterocycles. The van der Waals surface area contributed by atoms with Gasteiger partial charge in [0.25, 0.3) is 5.56 Å². The van der Waals surface area contributed by atoms with Gasteiger partial charge in [0.15, 0.2) is 4.90 Å². The number of aryl methyl sites for hydroxylation is 1. The van der Waals surface area contributed by atoms with Crippen molar-refractivity contribution in [1.29, 1.82) is 0 Å². The first-order valence-electron chi connectivity index (χ1n) is 11.9. The molecule has 0 saturated carbocycles. The average molecular weight is 523 g/mol. The molecule has 1 N–H and O–H groups in total. The van der Waals surface area contributed by atoms with E-state index < -0.39 is 38.2 Å². The third-order valence-corrected chi connectivity index (χ3v) is 8.11. The molecule has 1 atom stereocenters. The predicted molar refractivity (Wildman–Crippen MR) is 137 cm³/mol. The first kappa shape index (κ1) is 26.2. The molecular formula is C27H27FN4O4S. The Morgan fingerprint density at radius 3 is 2.49 bits per heavy atom. The van der Waals surface area contributed by atoms with Crippen LogP contribution in [0, 0.1) is 12.9 Å². The molecule has 0 aliphatic rings. The van der Waals surface area contributed by atoms with Crippen LogP contribution in [-0.4, -0.2) is 33.0 Å². The van der Waals surface area contributed by atoms with Crippen LogP contribution in [-0.2, 0) is 16.3 Å². The summed E-state index contributed by atoms with van der Waals surface area (Å²) in [7, 11) is -4.44. The van der Waals surface area contributed by atoms with Gasteiger partial charge in [-0.3, -0.25) is 14.3 Å². The number of aromatic nitrogens is 4. The Morgan fingerprint density at radius 2 is 1.84 bits per heavy atom. The highest BCUT2D eigenvalue weighted by molar-refractivity contribution is 7.91. The number of benzene rings is 1. The van der Waals surface area contributed by atoms with Crippen LogP contribution in [0.1, 0.15) is 49.7 Å². The quantitative estimate of drug-likeness (QED) is 0.335. The highest BCUT2D eigenvalue weighted by Gasteiger charge is 2.31. The van der Waals surface area contributed by atoms with Crippen LogP contribution in [0.4, 0.5) is 4.39 Å². The average Bonchev–Trinajstić information content (AvgIpc) is 2.89. The Balaban J connectivity index is 1.84. The molecule has 0 saturated heterocycles. The van der Waals surface area contributed by atoms with Gasteiger partial charge < -0.3 is 5.11 Å². The van der Waals surface area contributed by atoms with E-state index >= 15 is 0 Å².